The van der Waals surface area contributed by atoms with E-state index in [9.17, 15) is 19.1 Å². The van der Waals surface area contributed by atoms with Gasteiger partial charge in [0.1, 0.15) is 11.4 Å². The quantitative estimate of drug-likeness (QED) is 0.735. The molecular weight excluding hydrogens is 251 g/mol. The van der Waals surface area contributed by atoms with Crippen molar-refractivity contribution < 1.29 is 19.1 Å². The van der Waals surface area contributed by atoms with Crippen molar-refractivity contribution in [3.8, 4) is 0 Å². The number of rotatable bonds is 6. The molecule has 6 heteroatoms. The molecule has 1 aromatic carbocycles. The van der Waals surface area contributed by atoms with Crippen LogP contribution >= 0.6 is 0 Å². The van der Waals surface area contributed by atoms with Gasteiger partial charge < -0.3 is 16.2 Å². The summed E-state index contributed by atoms with van der Waals surface area (Å²) in [6.07, 6.45) is 1.00. The lowest BCUT2D eigenvalue weighted by Crippen LogP contribution is -2.43. The second-order valence-electron chi connectivity index (χ2n) is 4.57. The Hall–Kier alpha value is -2.11. The molecule has 0 heterocycles. The molecule has 0 aliphatic carbocycles. The predicted molar refractivity (Wildman–Crippen MR) is 69.5 cm³/mol. The molecule has 5 nitrogen and oxygen atoms in total. The molecule has 0 radical (unpaired) electrons. The Labute approximate surface area is 110 Å². The van der Waals surface area contributed by atoms with Crippen LogP contribution < -0.4 is 11.1 Å². The van der Waals surface area contributed by atoms with E-state index in [4.69, 9.17) is 5.73 Å². The van der Waals surface area contributed by atoms with Gasteiger partial charge in [0.25, 0.3) is 5.91 Å². The molecule has 1 amide bonds. The van der Waals surface area contributed by atoms with Crippen molar-refractivity contribution in [2.45, 2.75) is 32.2 Å². The van der Waals surface area contributed by atoms with Crippen LogP contribution in [-0.2, 0) is 4.79 Å². The normalized spacial score (nSPS) is 13.6. The van der Waals surface area contributed by atoms with E-state index in [-0.39, 0.29) is 11.3 Å². The fourth-order valence-corrected chi connectivity index (χ4v) is 1.85. The molecule has 0 saturated carbocycles. The highest BCUT2D eigenvalue weighted by Crippen LogP contribution is 2.24. The maximum absolute atomic E-state index is 13.1. The van der Waals surface area contributed by atoms with Gasteiger partial charge in [0.05, 0.1) is 5.56 Å². The third-order valence-electron chi connectivity index (χ3n) is 2.88. The number of amides is 1. The summed E-state index contributed by atoms with van der Waals surface area (Å²) < 4.78 is 13.1. The number of nitrogens with two attached hydrogens (primary N) is 1. The molecule has 0 aliphatic heterocycles. The zero-order valence-corrected chi connectivity index (χ0v) is 10.9. The Morgan fingerprint density at radius 1 is 1.47 bits per heavy atom. The minimum atomic E-state index is -1.24. The number of benzene rings is 1. The standard InChI is InChI=1S/C13H17FN2O3/c1-3-6-13(2,12(18)19)16-10-5-4-8(14)7-9(10)11(15)17/h4-5,7,16H,3,6H2,1-2H3,(H2,15,17)(H,18,19). The van der Waals surface area contributed by atoms with Crippen LogP contribution in [0.5, 0.6) is 0 Å². The Morgan fingerprint density at radius 3 is 2.58 bits per heavy atom. The molecule has 1 aromatic rings. The van der Waals surface area contributed by atoms with Crippen molar-refractivity contribution in [3.05, 3.63) is 29.6 Å². The van der Waals surface area contributed by atoms with Crippen molar-refractivity contribution in [1.29, 1.82) is 0 Å². The van der Waals surface area contributed by atoms with Crippen molar-refractivity contribution in [3.63, 3.8) is 0 Å². The van der Waals surface area contributed by atoms with Gasteiger partial charge in [0.2, 0.25) is 0 Å². The fraction of sp³-hybridized carbons (Fsp3) is 0.385. The molecule has 0 aromatic heterocycles. The van der Waals surface area contributed by atoms with Gasteiger partial charge in [-0.2, -0.15) is 0 Å². The number of primary amides is 1. The summed E-state index contributed by atoms with van der Waals surface area (Å²) in [5, 5.41) is 12.0. The summed E-state index contributed by atoms with van der Waals surface area (Å²) in [6.45, 7) is 3.36. The van der Waals surface area contributed by atoms with Crippen molar-refractivity contribution in [2.24, 2.45) is 5.73 Å². The smallest absolute Gasteiger partial charge is 0.329 e. The van der Waals surface area contributed by atoms with Crippen LogP contribution in [0.2, 0.25) is 0 Å². The van der Waals surface area contributed by atoms with Crippen LogP contribution in [0.4, 0.5) is 10.1 Å². The largest absolute Gasteiger partial charge is 0.480 e. The molecule has 0 aliphatic rings. The summed E-state index contributed by atoms with van der Waals surface area (Å²) >= 11 is 0. The molecule has 104 valence electrons. The molecule has 0 bridgehead atoms. The minimum Gasteiger partial charge on any atom is -0.480 e. The minimum absolute atomic E-state index is 0.0661. The number of carbonyl (C=O) groups is 2. The van der Waals surface area contributed by atoms with Crippen LogP contribution in [0, 0.1) is 5.82 Å². The van der Waals surface area contributed by atoms with Gasteiger partial charge in [-0.25, -0.2) is 9.18 Å². The van der Waals surface area contributed by atoms with E-state index in [1.807, 2.05) is 6.92 Å². The molecular formula is C13H17FN2O3. The lowest BCUT2D eigenvalue weighted by molar-refractivity contribution is -0.142. The molecule has 4 N–H and O–H groups in total. The van der Waals surface area contributed by atoms with Gasteiger partial charge in [-0.3, -0.25) is 4.79 Å². The Bertz CT molecular complexity index is 505. The van der Waals surface area contributed by atoms with E-state index in [1.54, 1.807) is 0 Å². The van der Waals surface area contributed by atoms with Gasteiger partial charge in [-0.05, 0) is 31.5 Å². The first kappa shape index (κ1) is 14.9. The molecule has 0 spiro atoms. The van der Waals surface area contributed by atoms with E-state index < -0.39 is 23.2 Å². The van der Waals surface area contributed by atoms with Crippen LogP contribution in [0.25, 0.3) is 0 Å². The molecule has 1 rings (SSSR count). The Kier molecular flexibility index (Phi) is 4.47. The number of carbonyl (C=O) groups excluding carboxylic acids is 1. The number of aliphatic carboxylic acids is 1. The van der Waals surface area contributed by atoms with Crippen LogP contribution in [0.3, 0.4) is 0 Å². The summed E-state index contributed by atoms with van der Waals surface area (Å²) in [5.74, 6) is -2.47. The van der Waals surface area contributed by atoms with Gasteiger partial charge >= 0.3 is 5.97 Å². The monoisotopic (exact) mass is 268 g/mol. The fourth-order valence-electron chi connectivity index (χ4n) is 1.85. The molecule has 1 unspecified atom stereocenters. The van der Waals surface area contributed by atoms with Gasteiger partial charge in [-0.1, -0.05) is 13.3 Å². The average molecular weight is 268 g/mol. The zero-order chi connectivity index (χ0) is 14.6. The van der Waals surface area contributed by atoms with Crippen molar-refractivity contribution in [2.75, 3.05) is 5.32 Å². The molecule has 19 heavy (non-hydrogen) atoms. The summed E-state index contributed by atoms with van der Waals surface area (Å²) in [4.78, 5) is 22.6. The van der Waals surface area contributed by atoms with E-state index in [0.29, 0.717) is 12.8 Å². The zero-order valence-electron chi connectivity index (χ0n) is 10.9. The predicted octanol–water partition coefficient (Wildman–Crippen LogP) is 1.98. The highest BCUT2D eigenvalue weighted by atomic mass is 19.1. The Balaban J connectivity index is 3.16. The number of carboxylic acid groups (broad SMARTS) is 1. The highest BCUT2D eigenvalue weighted by molar-refractivity contribution is 5.99. The van der Waals surface area contributed by atoms with E-state index in [0.717, 1.165) is 12.1 Å². The van der Waals surface area contributed by atoms with Gasteiger partial charge in [0, 0.05) is 5.69 Å². The van der Waals surface area contributed by atoms with E-state index in [2.05, 4.69) is 5.32 Å². The number of carboxylic acids is 1. The second-order valence-corrected chi connectivity index (χ2v) is 4.57. The third kappa shape index (κ3) is 3.43. The first-order valence-electron chi connectivity index (χ1n) is 5.91. The van der Waals surface area contributed by atoms with E-state index in [1.165, 1.54) is 13.0 Å². The van der Waals surface area contributed by atoms with Crippen LogP contribution in [0.15, 0.2) is 18.2 Å². The Morgan fingerprint density at radius 2 is 2.11 bits per heavy atom. The summed E-state index contributed by atoms with van der Waals surface area (Å²) in [7, 11) is 0. The molecule has 0 fully saturated rings. The highest BCUT2D eigenvalue weighted by Gasteiger charge is 2.32. The number of hydrogen-bond acceptors (Lipinski definition) is 3. The molecule has 1 atom stereocenters. The SMILES string of the molecule is CCCC(C)(Nc1ccc(F)cc1C(N)=O)C(=O)O. The topological polar surface area (TPSA) is 92.4 Å². The van der Waals surface area contributed by atoms with E-state index >= 15 is 0 Å². The summed E-state index contributed by atoms with van der Waals surface area (Å²) in [6, 6.07) is 3.44. The second kappa shape index (κ2) is 5.69. The number of nitrogens with one attached hydrogen (secondary N) is 1. The maximum atomic E-state index is 13.1. The average Bonchev–Trinajstić information content (AvgIpc) is 2.31. The van der Waals surface area contributed by atoms with Gasteiger partial charge in [0.15, 0.2) is 0 Å². The first-order valence-corrected chi connectivity index (χ1v) is 5.91. The van der Waals surface area contributed by atoms with Crippen LogP contribution in [0.1, 0.15) is 37.0 Å². The van der Waals surface area contributed by atoms with Crippen molar-refractivity contribution >= 4 is 17.6 Å². The maximum Gasteiger partial charge on any atom is 0.329 e. The third-order valence-corrected chi connectivity index (χ3v) is 2.88. The van der Waals surface area contributed by atoms with Gasteiger partial charge in [-0.15, -0.1) is 0 Å². The molecule has 0 saturated heterocycles. The van der Waals surface area contributed by atoms with Crippen LogP contribution in [-0.4, -0.2) is 22.5 Å². The first-order chi connectivity index (χ1) is 8.80. The van der Waals surface area contributed by atoms with Crippen molar-refractivity contribution in [1.82, 2.24) is 0 Å². The lowest BCUT2D eigenvalue weighted by atomic mass is 9.95. The number of anilines is 1. The number of hydrogen-bond donors (Lipinski definition) is 3. The lowest BCUT2D eigenvalue weighted by Gasteiger charge is -2.27. The summed E-state index contributed by atoms with van der Waals surface area (Å²) in [5.41, 5.74) is 4.07. The number of halogens is 1.